The van der Waals surface area contributed by atoms with Crippen molar-refractivity contribution in [3.05, 3.63) is 78.4 Å². The first-order valence-electron chi connectivity index (χ1n) is 10.3. The number of fused-ring (bicyclic) bond motifs is 1. The first-order valence-corrected chi connectivity index (χ1v) is 10.3. The molecule has 3 aromatic rings. The molecule has 7 nitrogen and oxygen atoms in total. The molecule has 32 heavy (non-hydrogen) atoms. The van der Waals surface area contributed by atoms with Crippen LogP contribution in [-0.4, -0.2) is 38.2 Å². The van der Waals surface area contributed by atoms with Crippen LogP contribution in [0.4, 0.5) is 11.4 Å². The Balaban J connectivity index is 1.35. The average Bonchev–Trinajstić information content (AvgIpc) is 2.81. The lowest BCUT2D eigenvalue weighted by molar-refractivity contribution is -0.121. The minimum atomic E-state index is -0.288. The van der Waals surface area contributed by atoms with E-state index in [0.29, 0.717) is 36.0 Å². The number of para-hydroxylation sites is 1. The quantitative estimate of drug-likeness (QED) is 0.586. The van der Waals surface area contributed by atoms with Crippen LogP contribution in [0.25, 0.3) is 0 Å². The van der Waals surface area contributed by atoms with Gasteiger partial charge in [-0.1, -0.05) is 35.9 Å². The summed E-state index contributed by atoms with van der Waals surface area (Å²) in [5.41, 5.74) is 2.37. The molecule has 3 aromatic carbocycles. The van der Waals surface area contributed by atoms with Gasteiger partial charge in [-0.2, -0.15) is 0 Å². The van der Waals surface area contributed by atoms with Gasteiger partial charge in [0.25, 0.3) is 11.8 Å². The Kier molecular flexibility index (Phi) is 6.55. The number of anilines is 2. The molecule has 2 amide bonds. The number of ether oxygens (including phenoxy) is 3. The number of nitrogens with one attached hydrogen (secondary N) is 1. The zero-order valence-corrected chi connectivity index (χ0v) is 17.7. The second-order valence-electron chi connectivity index (χ2n) is 7.33. The first-order chi connectivity index (χ1) is 15.6. The third-order valence-corrected chi connectivity index (χ3v) is 4.90. The van der Waals surface area contributed by atoms with E-state index in [-0.39, 0.29) is 25.0 Å². The van der Waals surface area contributed by atoms with Crippen LogP contribution in [0.15, 0.2) is 72.8 Å². The maximum absolute atomic E-state index is 12.4. The Hall–Kier alpha value is -4.00. The maximum Gasteiger partial charge on any atom is 0.265 e. The zero-order valence-electron chi connectivity index (χ0n) is 17.7. The van der Waals surface area contributed by atoms with E-state index in [2.05, 4.69) is 5.32 Å². The van der Waals surface area contributed by atoms with Crippen molar-refractivity contribution in [2.24, 2.45) is 0 Å². The van der Waals surface area contributed by atoms with Crippen LogP contribution in [0.1, 0.15) is 5.56 Å². The van der Waals surface area contributed by atoms with Gasteiger partial charge >= 0.3 is 0 Å². The number of nitrogens with zero attached hydrogens (tertiary/aromatic N) is 1. The Bertz CT molecular complexity index is 1080. The number of hydrogen-bond acceptors (Lipinski definition) is 5. The maximum atomic E-state index is 12.4. The summed E-state index contributed by atoms with van der Waals surface area (Å²) in [5.74, 6) is 1.48. The second-order valence-corrected chi connectivity index (χ2v) is 7.33. The Morgan fingerprint density at radius 2 is 1.75 bits per heavy atom. The molecule has 0 unspecified atom stereocenters. The molecule has 0 aromatic heterocycles. The standard InChI is InChI=1S/C25H24N2O5/c1-18-7-10-21(11-8-18)30-14-13-27-22-12-9-19(15-23(22)32-17-25(27)29)26-24(28)16-31-20-5-3-2-4-6-20/h2-12,15H,13-14,16-17H2,1H3,(H,26,28). The molecule has 7 heteroatoms. The molecule has 1 aliphatic heterocycles. The minimum absolute atomic E-state index is 0.0634. The van der Waals surface area contributed by atoms with E-state index >= 15 is 0 Å². The van der Waals surface area contributed by atoms with Crippen LogP contribution in [0.5, 0.6) is 17.2 Å². The van der Waals surface area contributed by atoms with Gasteiger partial charge in [0, 0.05) is 11.8 Å². The second kappa shape index (κ2) is 9.87. The van der Waals surface area contributed by atoms with E-state index < -0.39 is 0 Å². The predicted octanol–water partition coefficient (Wildman–Crippen LogP) is 3.82. The lowest BCUT2D eigenvalue weighted by Gasteiger charge is -2.29. The smallest absolute Gasteiger partial charge is 0.265 e. The van der Waals surface area contributed by atoms with Gasteiger partial charge in [-0.15, -0.1) is 0 Å². The fourth-order valence-electron chi connectivity index (χ4n) is 3.28. The third-order valence-electron chi connectivity index (χ3n) is 4.90. The zero-order chi connectivity index (χ0) is 22.3. The average molecular weight is 432 g/mol. The topological polar surface area (TPSA) is 77.1 Å². The number of aryl methyl sites for hydroxylation is 1. The van der Waals surface area contributed by atoms with E-state index in [9.17, 15) is 9.59 Å². The molecule has 0 aliphatic carbocycles. The molecule has 164 valence electrons. The fraction of sp³-hybridized carbons (Fsp3) is 0.200. The van der Waals surface area contributed by atoms with E-state index in [1.54, 1.807) is 35.2 Å². The van der Waals surface area contributed by atoms with E-state index in [1.807, 2.05) is 49.4 Å². The van der Waals surface area contributed by atoms with Crippen LogP contribution >= 0.6 is 0 Å². The van der Waals surface area contributed by atoms with Crippen LogP contribution in [0, 0.1) is 6.92 Å². The summed E-state index contributed by atoms with van der Waals surface area (Å²) < 4.78 is 16.8. The lowest BCUT2D eigenvalue weighted by Crippen LogP contribution is -2.41. The minimum Gasteiger partial charge on any atom is -0.492 e. The highest BCUT2D eigenvalue weighted by molar-refractivity contribution is 5.99. The van der Waals surface area contributed by atoms with Gasteiger partial charge in [-0.25, -0.2) is 0 Å². The van der Waals surface area contributed by atoms with Gasteiger partial charge in [0.05, 0.1) is 12.2 Å². The summed E-state index contributed by atoms with van der Waals surface area (Å²) in [6.07, 6.45) is 0. The summed E-state index contributed by atoms with van der Waals surface area (Å²) in [6, 6.07) is 22.1. The van der Waals surface area contributed by atoms with E-state index in [1.165, 1.54) is 0 Å². The van der Waals surface area contributed by atoms with Crippen molar-refractivity contribution in [1.29, 1.82) is 0 Å². The largest absolute Gasteiger partial charge is 0.492 e. The van der Waals surface area contributed by atoms with Crippen LogP contribution in [0.3, 0.4) is 0 Å². The summed E-state index contributed by atoms with van der Waals surface area (Å²) in [4.78, 5) is 26.2. The van der Waals surface area contributed by atoms with Crippen LogP contribution in [0.2, 0.25) is 0 Å². The molecule has 0 atom stereocenters. The Labute approximate surface area is 186 Å². The van der Waals surface area contributed by atoms with Crippen molar-refractivity contribution < 1.29 is 23.8 Å². The Morgan fingerprint density at radius 3 is 2.53 bits per heavy atom. The number of hydrogen-bond donors (Lipinski definition) is 1. The number of carbonyl (C=O) groups is 2. The molecular weight excluding hydrogens is 408 g/mol. The highest BCUT2D eigenvalue weighted by Crippen LogP contribution is 2.34. The van der Waals surface area contributed by atoms with Crippen molar-refractivity contribution in [3.63, 3.8) is 0 Å². The van der Waals surface area contributed by atoms with Gasteiger partial charge < -0.3 is 24.4 Å². The van der Waals surface area contributed by atoms with Crippen molar-refractivity contribution in [1.82, 2.24) is 0 Å². The van der Waals surface area contributed by atoms with Crippen LogP contribution < -0.4 is 24.4 Å². The number of rotatable bonds is 8. The number of benzene rings is 3. The molecular formula is C25H24N2O5. The summed E-state index contributed by atoms with van der Waals surface area (Å²) in [6.45, 7) is 2.58. The first kappa shape index (κ1) is 21.2. The monoisotopic (exact) mass is 432 g/mol. The Morgan fingerprint density at radius 1 is 1.00 bits per heavy atom. The molecule has 0 fully saturated rings. The van der Waals surface area contributed by atoms with Crippen LogP contribution in [-0.2, 0) is 9.59 Å². The molecule has 0 bridgehead atoms. The van der Waals surface area contributed by atoms with Crippen molar-refractivity contribution in [2.75, 3.05) is 36.6 Å². The van der Waals surface area contributed by atoms with Gasteiger partial charge in [-0.05, 0) is 43.3 Å². The normalized spacial score (nSPS) is 12.5. The highest BCUT2D eigenvalue weighted by atomic mass is 16.5. The number of amides is 2. The molecule has 1 N–H and O–H groups in total. The molecule has 0 spiro atoms. The van der Waals surface area contributed by atoms with Gasteiger partial charge in [0.1, 0.15) is 23.9 Å². The molecule has 4 rings (SSSR count). The van der Waals surface area contributed by atoms with Crippen molar-refractivity contribution in [3.8, 4) is 17.2 Å². The molecule has 0 radical (unpaired) electrons. The highest BCUT2D eigenvalue weighted by Gasteiger charge is 2.25. The van der Waals surface area contributed by atoms with Gasteiger partial charge in [0.2, 0.25) is 0 Å². The van der Waals surface area contributed by atoms with Gasteiger partial charge in [-0.3, -0.25) is 9.59 Å². The molecule has 0 saturated heterocycles. The molecule has 0 saturated carbocycles. The summed E-state index contributed by atoms with van der Waals surface area (Å²) in [7, 11) is 0. The van der Waals surface area contributed by atoms with Crippen molar-refractivity contribution >= 4 is 23.2 Å². The molecule has 1 aliphatic rings. The SMILES string of the molecule is Cc1ccc(OCCN2C(=O)COc3cc(NC(=O)COc4ccccc4)ccc32)cc1. The lowest BCUT2D eigenvalue weighted by atomic mass is 10.2. The van der Waals surface area contributed by atoms with Gasteiger partial charge in [0.15, 0.2) is 13.2 Å². The summed E-state index contributed by atoms with van der Waals surface area (Å²) >= 11 is 0. The molecule has 1 heterocycles. The van der Waals surface area contributed by atoms with Crippen molar-refractivity contribution in [2.45, 2.75) is 6.92 Å². The van der Waals surface area contributed by atoms with E-state index in [0.717, 1.165) is 11.3 Å². The number of carbonyl (C=O) groups excluding carboxylic acids is 2. The predicted molar refractivity (Wildman–Crippen MR) is 122 cm³/mol. The summed E-state index contributed by atoms with van der Waals surface area (Å²) in [5, 5.41) is 2.79. The van der Waals surface area contributed by atoms with E-state index in [4.69, 9.17) is 14.2 Å². The fourth-order valence-corrected chi connectivity index (χ4v) is 3.28. The third kappa shape index (κ3) is 5.37.